The molecule has 6 aliphatic heterocycles. The maximum absolute atomic E-state index is 13.4. The molecule has 1 aliphatic carbocycles. The highest BCUT2D eigenvalue weighted by atomic mass is 16.2. The van der Waals surface area contributed by atoms with Crippen LogP contribution in [0.2, 0.25) is 0 Å². The SMILES string of the molecule is CN1C(=O)N(C2CCCN(c3nnc(C(N)=O)c(Nc4ccc(C5CCN(CC6CCN(c7ccc8c(c7)C(=O)N(C7CCC(=O)NC7=O)C8=O)CC6)CC5)cc4)n3)C2)CC12CCC2. The molecule has 4 N–H and O–H groups in total. The maximum atomic E-state index is 13.4. The third-order valence-corrected chi connectivity index (χ3v) is 15.2. The number of fused-ring (bicyclic) bond motifs is 1. The molecule has 2 aromatic carbocycles. The maximum Gasteiger partial charge on any atom is 0.320 e. The number of amides is 7. The van der Waals surface area contributed by atoms with E-state index >= 15 is 0 Å². The number of hydrogen-bond donors (Lipinski definition) is 3. The monoisotopic (exact) mass is 872 g/mol. The van der Waals surface area contributed by atoms with E-state index in [0.717, 1.165) is 120 Å². The third kappa shape index (κ3) is 7.68. The third-order valence-electron chi connectivity index (χ3n) is 15.2. The van der Waals surface area contributed by atoms with E-state index < -0.39 is 35.6 Å². The number of carbonyl (C=O) groups excluding carboxylic acids is 6. The van der Waals surface area contributed by atoms with Crippen LogP contribution in [0.1, 0.15) is 113 Å². The lowest BCUT2D eigenvalue weighted by atomic mass is 9.76. The molecule has 18 nitrogen and oxygen atoms in total. The fourth-order valence-electron chi connectivity index (χ4n) is 11.2. The number of likely N-dealkylation sites (N-methyl/N-ethyl adjacent to an activating group) is 1. The van der Waals surface area contributed by atoms with Gasteiger partial charge in [-0.25, -0.2) is 4.79 Å². The number of rotatable bonds is 10. The van der Waals surface area contributed by atoms with Gasteiger partial charge in [0.15, 0.2) is 11.5 Å². The van der Waals surface area contributed by atoms with E-state index in [1.807, 2.05) is 35.0 Å². The van der Waals surface area contributed by atoms with Gasteiger partial charge in [-0.15, -0.1) is 10.2 Å². The van der Waals surface area contributed by atoms with Crippen molar-refractivity contribution in [2.75, 3.05) is 74.5 Å². The number of likely N-dealkylation sites (tertiary alicyclic amines) is 1. The van der Waals surface area contributed by atoms with E-state index in [1.54, 1.807) is 12.1 Å². The molecule has 2 atom stereocenters. The van der Waals surface area contributed by atoms with Crippen LogP contribution in [-0.4, -0.2) is 147 Å². The van der Waals surface area contributed by atoms with Crippen LogP contribution in [0.5, 0.6) is 0 Å². The molecule has 5 saturated heterocycles. The molecule has 1 saturated carbocycles. The molecule has 10 rings (SSSR count). The first kappa shape index (κ1) is 41.8. The van der Waals surface area contributed by atoms with E-state index in [0.29, 0.717) is 35.5 Å². The fourth-order valence-corrected chi connectivity index (χ4v) is 11.2. The second-order valence-corrected chi connectivity index (χ2v) is 18.9. The number of aromatic nitrogens is 3. The number of benzene rings is 2. The highest BCUT2D eigenvalue weighted by Crippen LogP contribution is 2.43. The van der Waals surface area contributed by atoms with Crippen molar-refractivity contribution in [3.05, 3.63) is 64.8 Å². The van der Waals surface area contributed by atoms with Crippen LogP contribution in [0.4, 0.5) is 27.9 Å². The van der Waals surface area contributed by atoms with Crippen molar-refractivity contribution < 1.29 is 28.8 Å². The Morgan fingerprint density at radius 2 is 1.59 bits per heavy atom. The Labute approximate surface area is 371 Å². The zero-order valence-electron chi connectivity index (χ0n) is 36.3. The summed E-state index contributed by atoms with van der Waals surface area (Å²) in [7, 11) is 1.93. The minimum atomic E-state index is -0.974. The zero-order valence-corrected chi connectivity index (χ0v) is 36.3. The number of nitrogens with two attached hydrogens (primary N) is 1. The molecule has 6 fully saturated rings. The smallest absolute Gasteiger partial charge is 0.320 e. The summed E-state index contributed by atoms with van der Waals surface area (Å²) in [5, 5.41) is 14.1. The van der Waals surface area contributed by atoms with E-state index in [4.69, 9.17) is 10.7 Å². The first-order chi connectivity index (χ1) is 30.9. The quantitative estimate of drug-likeness (QED) is 0.250. The van der Waals surface area contributed by atoms with E-state index in [-0.39, 0.29) is 42.0 Å². The first-order valence-electron chi connectivity index (χ1n) is 23.0. The van der Waals surface area contributed by atoms with Crippen molar-refractivity contribution in [2.45, 2.75) is 94.2 Å². The summed E-state index contributed by atoms with van der Waals surface area (Å²) < 4.78 is 0. The van der Waals surface area contributed by atoms with Crippen molar-refractivity contribution in [2.24, 2.45) is 11.7 Å². The Morgan fingerprint density at radius 3 is 2.28 bits per heavy atom. The molecule has 7 heterocycles. The van der Waals surface area contributed by atoms with Crippen LogP contribution in [0, 0.1) is 5.92 Å². The van der Waals surface area contributed by atoms with Gasteiger partial charge in [0.2, 0.25) is 17.8 Å². The van der Waals surface area contributed by atoms with Gasteiger partial charge in [0, 0.05) is 64.1 Å². The predicted octanol–water partition coefficient (Wildman–Crippen LogP) is 3.47. The van der Waals surface area contributed by atoms with Gasteiger partial charge >= 0.3 is 6.03 Å². The average Bonchev–Trinajstić information content (AvgIpc) is 3.71. The number of piperidine rings is 4. The summed E-state index contributed by atoms with van der Waals surface area (Å²) in [6.45, 7) is 6.88. The molecular formula is C46H56N12O6. The molecule has 1 spiro atoms. The van der Waals surface area contributed by atoms with Crippen LogP contribution in [0.3, 0.4) is 0 Å². The Bertz CT molecular complexity index is 2370. The summed E-state index contributed by atoms with van der Waals surface area (Å²) >= 11 is 0. The van der Waals surface area contributed by atoms with Crippen molar-refractivity contribution in [1.82, 2.24) is 40.1 Å². The number of nitrogens with zero attached hydrogens (tertiary/aromatic N) is 9. The van der Waals surface area contributed by atoms with Gasteiger partial charge in [0.25, 0.3) is 17.7 Å². The minimum absolute atomic E-state index is 0.0237. The Hall–Kier alpha value is -6.17. The lowest BCUT2D eigenvalue weighted by molar-refractivity contribution is -0.136. The molecule has 336 valence electrons. The highest BCUT2D eigenvalue weighted by Gasteiger charge is 2.53. The highest BCUT2D eigenvalue weighted by molar-refractivity contribution is 6.23. The summed E-state index contributed by atoms with van der Waals surface area (Å²) in [5.41, 5.74) is 9.22. The van der Waals surface area contributed by atoms with Gasteiger partial charge < -0.3 is 35.6 Å². The number of anilines is 4. The first-order valence-corrected chi connectivity index (χ1v) is 23.0. The molecule has 3 aromatic rings. The molecule has 18 heteroatoms. The lowest BCUT2D eigenvalue weighted by Gasteiger charge is -2.43. The lowest BCUT2D eigenvalue weighted by Crippen LogP contribution is -2.54. The number of hydrogen-bond acceptors (Lipinski definition) is 13. The molecule has 64 heavy (non-hydrogen) atoms. The summed E-state index contributed by atoms with van der Waals surface area (Å²) in [5.74, 6) is -1.02. The van der Waals surface area contributed by atoms with Gasteiger partial charge in [0.05, 0.1) is 22.7 Å². The molecule has 1 aromatic heterocycles. The van der Waals surface area contributed by atoms with Crippen LogP contribution in [0.25, 0.3) is 0 Å². The zero-order chi connectivity index (χ0) is 44.3. The molecule has 2 unspecified atom stereocenters. The van der Waals surface area contributed by atoms with Crippen LogP contribution in [0.15, 0.2) is 42.5 Å². The van der Waals surface area contributed by atoms with Crippen molar-refractivity contribution in [3.8, 4) is 0 Å². The van der Waals surface area contributed by atoms with Gasteiger partial charge in [0.1, 0.15) is 6.04 Å². The molecule has 7 amide bonds. The van der Waals surface area contributed by atoms with Crippen molar-refractivity contribution >= 4 is 58.7 Å². The Balaban J connectivity index is 0.704. The normalized spacial score (nSPS) is 24.4. The Morgan fingerprint density at radius 1 is 0.844 bits per heavy atom. The number of imide groups is 2. The summed E-state index contributed by atoms with van der Waals surface area (Å²) in [6.07, 6.45) is 9.48. The van der Waals surface area contributed by atoms with E-state index in [1.165, 1.54) is 5.56 Å². The molecular weight excluding hydrogens is 817 g/mol. The van der Waals surface area contributed by atoms with Crippen LogP contribution in [-0.2, 0) is 9.59 Å². The topological polar surface area (TPSA) is 211 Å². The second kappa shape index (κ2) is 16.8. The average molecular weight is 873 g/mol. The number of urea groups is 1. The number of primary amides is 1. The summed E-state index contributed by atoms with van der Waals surface area (Å²) in [6, 6.07) is 12.8. The molecule has 0 radical (unpaired) electrons. The fraction of sp³-hybridized carbons (Fsp3) is 0.543. The number of carbonyl (C=O) groups is 6. The van der Waals surface area contributed by atoms with Crippen molar-refractivity contribution in [1.29, 1.82) is 0 Å². The largest absolute Gasteiger partial charge is 0.371 e. The summed E-state index contributed by atoms with van der Waals surface area (Å²) in [4.78, 5) is 93.0. The standard InChI is InChI=1S/C46H56N12O6/c1-53-45(64)57(27-46(53)17-3-18-46)33-4-2-19-56(26-33)44-50-40(38(39(47)60)51-52-44)48-31-7-5-29(6-8-31)30-15-20-54(21-16-30)25-28-13-22-55(23-14-28)32-9-10-34-35(24-32)43(63)58(42(34)62)36-11-12-37(59)49-41(36)61/h5-10,24,28,30,33,36H,2-4,11-23,25-27H2,1H3,(H2,47,60)(H,48,50,52)(H,49,59,61). The van der Waals surface area contributed by atoms with E-state index in [2.05, 4.69) is 47.7 Å². The van der Waals surface area contributed by atoms with Gasteiger partial charge in [-0.2, -0.15) is 4.98 Å². The van der Waals surface area contributed by atoms with Crippen LogP contribution < -0.4 is 26.2 Å². The molecule has 7 aliphatic rings. The van der Waals surface area contributed by atoms with Gasteiger partial charge in [-0.05, 0) is 125 Å². The van der Waals surface area contributed by atoms with Gasteiger partial charge in [-0.3, -0.25) is 34.2 Å². The minimum Gasteiger partial charge on any atom is -0.371 e. The van der Waals surface area contributed by atoms with Gasteiger partial charge in [-0.1, -0.05) is 12.1 Å². The molecule has 0 bridgehead atoms. The Kier molecular flexibility index (Phi) is 10.9. The second-order valence-electron chi connectivity index (χ2n) is 18.9. The predicted molar refractivity (Wildman–Crippen MR) is 236 cm³/mol. The van der Waals surface area contributed by atoms with Crippen molar-refractivity contribution in [3.63, 3.8) is 0 Å². The van der Waals surface area contributed by atoms with E-state index in [9.17, 15) is 28.8 Å². The van der Waals surface area contributed by atoms with Crippen LogP contribution >= 0.6 is 0 Å². The number of nitrogens with one attached hydrogen (secondary N) is 2.